The zero-order valence-corrected chi connectivity index (χ0v) is 38.6. The molecule has 65 heavy (non-hydrogen) atoms. The molecule has 4 aromatic rings. The van der Waals surface area contributed by atoms with Crippen LogP contribution >= 0.6 is 11.3 Å². The second kappa shape index (κ2) is 22.5. The summed E-state index contributed by atoms with van der Waals surface area (Å²) in [5, 5.41) is 21.0. The molecule has 2 amide bonds. The van der Waals surface area contributed by atoms with E-state index in [-0.39, 0.29) is 48.2 Å². The summed E-state index contributed by atoms with van der Waals surface area (Å²) in [5.41, 5.74) is 2.16. The quantitative estimate of drug-likeness (QED) is 0.0525. The predicted octanol–water partition coefficient (Wildman–Crippen LogP) is 9.01. The topological polar surface area (TPSA) is 167 Å². The molecule has 0 saturated heterocycles. The fourth-order valence-electron chi connectivity index (χ4n) is 10.2. The molecule has 2 unspecified atom stereocenters. The van der Waals surface area contributed by atoms with Gasteiger partial charge in [-0.1, -0.05) is 26.0 Å². The van der Waals surface area contributed by atoms with Gasteiger partial charge in [0.15, 0.2) is 16.6 Å². The van der Waals surface area contributed by atoms with Crippen molar-refractivity contribution in [1.29, 1.82) is 0 Å². The molecule has 2 saturated carbocycles. The van der Waals surface area contributed by atoms with Crippen LogP contribution in [0.15, 0.2) is 66.2 Å². The first-order valence-corrected chi connectivity index (χ1v) is 23.8. The molecule has 7 rings (SSSR count). The van der Waals surface area contributed by atoms with Crippen LogP contribution in [-0.4, -0.2) is 87.2 Å². The highest BCUT2D eigenvalue weighted by Crippen LogP contribution is 2.53. The number of nitrogens with zero attached hydrogens (tertiary/aromatic N) is 1. The maximum atomic E-state index is 15.6. The number of rotatable bonds is 23. The van der Waals surface area contributed by atoms with Crippen LogP contribution in [0.25, 0.3) is 11.1 Å². The first-order valence-electron chi connectivity index (χ1n) is 23.0. The van der Waals surface area contributed by atoms with Gasteiger partial charge in [0.25, 0.3) is 0 Å². The Labute approximate surface area is 385 Å². The van der Waals surface area contributed by atoms with E-state index in [4.69, 9.17) is 23.7 Å². The minimum absolute atomic E-state index is 0.107. The van der Waals surface area contributed by atoms with Crippen LogP contribution in [0.5, 0.6) is 17.2 Å². The number of halogens is 1. The molecule has 0 spiro atoms. The van der Waals surface area contributed by atoms with Gasteiger partial charge in [-0.2, -0.15) is 0 Å². The molecule has 13 nitrogen and oxygen atoms in total. The van der Waals surface area contributed by atoms with E-state index in [0.717, 1.165) is 35.3 Å². The summed E-state index contributed by atoms with van der Waals surface area (Å²) in [6, 6.07) is 14.2. The number of carbonyl (C=O) groups excluding carboxylic acids is 2. The van der Waals surface area contributed by atoms with Crippen LogP contribution in [0.2, 0.25) is 0 Å². The summed E-state index contributed by atoms with van der Waals surface area (Å²) in [6.45, 7) is 10.2. The van der Waals surface area contributed by atoms with E-state index < -0.39 is 17.3 Å². The number of thiazole rings is 1. The number of amides is 2. The van der Waals surface area contributed by atoms with Crippen molar-refractivity contribution in [2.75, 3.05) is 64.7 Å². The molecule has 2 heterocycles. The van der Waals surface area contributed by atoms with E-state index in [1.165, 1.54) is 61.6 Å². The van der Waals surface area contributed by atoms with Crippen molar-refractivity contribution in [2.45, 2.75) is 84.1 Å². The summed E-state index contributed by atoms with van der Waals surface area (Å²) in [5.74, 6) is 1.69. The van der Waals surface area contributed by atoms with E-state index in [0.29, 0.717) is 86.7 Å². The van der Waals surface area contributed by atoms with Gasteiger partial charge < -0.3 is 44.7 Å². The van der Waals surface area contributed by atoms with Crippen molar-refractivity contribution < 1.29 is 47.6 Å². The Hall–Kier alpha value is -4.93. The lowest BCUT2D eigenvalue weighted by Crippen LogP contribution is -2.47. The number of carboxylic acids is 1. The summed E-state index contributed by atoms with van der Waals surface area (Å²) in [7, 11) is 0. The minimum Gasteiger partial charge on any atom is -0.487 e. The van der Waals surface area contributed by atoms with Crippen molar-refractivity contribution in [3.8, 4) is 28.4 Å². The van der Waals surface area contributed by atoms with Crippen molar-refractivity contribution in [3.05, 3.63) is 88.7 Å². The molecule has 2 fully saturated rings. The molecule has 1 aromatic heterocycles. The number of ether oxygens (including phenoxy) is 5. The number of aromatic nitrogens is 1. The normalized spacial score (nSPS) is 22.4. The smallest absolute Gasteiger partial charge is 0.335 e. The number of anilines is 1. The Bertz CT molecular complexity index is 2210. The molecule has 3 aliphatic rings. The zero-order chi connectivity index (χ0) is 45.8. The highest BCUT2D eigenvalue weighted by Gasteiger charge is 2.43. The lowest BCUT2D eigenvalue weighted by atomic mass is 9.57. The second-order valence-electron chi connectivity index (χ2n) is 18.2. The molecule has 1 aliphatic heterocycles. The molecule has 350 valence electrons. The van der Waals surface area contributed by atoms with Gasteiger partial charge in [-0.05, 0) is 128 Å². The van der Waals surface area contributed by atoms with Crippen LogP contribution in [0, 0.1) is 29.0 Å². The third-order valence-corrected chi connectivity index (χ3v) is 13.8. The number of aromatic carboxylic acids is 1. The summed E-state index contributed by atoms with van der Waals surface area (Å²) in [6.07, 6.45) is 10.5. The molecule has 3 aromatic carbocycles. The number of carbonyl (C=O) groups is 3. The summed E-state index contributed by atoms with van der Waals surface area (Å²) in [4.78, 5) is 41.6. The van der Waals surface area contributed by atoms with E-state index in [1.54, 1.807) is 35.8 Å². The van der Waals surface area contributed by atoms with Gasteiger partial charge in [0.2, 0.25) is 11.8 Å². The fourth-order valence-corrected chi connectivity index (χ4v) is 10.8. The number of carboxylic acid groups (broad SMARTS) is 1. The Morgan fingerprint density at radius 1 is 0.877 bits per heavy atom. The number of fused-ring (bicyclic) bond motifs is 3. The van der Waals surface area contributed by atoms with Gasteiger partial charge in [-0.15, -0.1) is 11.3 Å². The fraction of sp³-hybridized carbons (Fsp3) is 0.520. The number of nitrogens with one attached hydrogen (secondary N) is 3. The van der Waals surface area contributed by atoms with Gasteiger partial charge in [-0.3, -0.25) is 9.59 Å². The SMILES string of the molecule is CCC1(CC(=O)NCCOCCOCCOCCOc2cc3c(cc2Oc2ccc(-c4ccc(C(=O)O)cc4)c(F)c2)[C@@](C)(CC(=O)Nc2nccs2)NCC3)CC2CC(C)CC(C2)C1. The van der Waals surface area contributed by atoms with Gasteiger partial charge in [0, 0.05) is 54.7 Å². The van der Waals surface area contributed by atoms with Crippen LogP contribution in [-0.2, 0) is 35.8 Å². The Kier molecular flexibility index (Phi) is 16.6. The lowest BCUT2D eigenvalue weighted by molar-refractivity contribution is -0.125. The van der Waals surface area contributed by atoms with Crippen LogP contribution in [0.3, 0.4) is 0 Å². The number of hydrogen-bond donors (Lipinski definition) is 4. The molecular weight excluding hydrogens is 852 g/mol. The van der Waals surface area contributed by atoms with E-state index in [2.05, 4.69) is 34.8 Å². The minimum atomic E-state index is -1.06. The molecule has 15 heteroatoms. The van der Waals surface area contributed by atoms with E-state index in [9.17, 15) is 19.5 Å². The Balaban J connectivity index is 0.870. The van der Waals surface area contributed by atoms with Crippen LogP contribution < -0.4 is 25.4 Å². The standard InChI is InChI=1S/C50H63FN4O9S/c1-4-50(29-34-23-33(2)24-35(25-34)30-50)32-45(56)52-13-15-60-16-17-61-18-19-62-20-21-63-43-26-38-11-12-54-49(3,31-46(57)55-48-53-14-22-65-48)41(38)28-44(43)64-39-9-10-40(42(51)27-39)36-5-7-37(8-6-36)47(58)59/h5-10,14,22,26-28,33-35,54H,4,11-13,15-21,23-25,29-32H2,1-3H3,(H,52,56)(H,58,59)(H,53,55,57)/t33?,34?,35?,49-,50?/m1/s1. The Morgan fingerprint density at radius 3 is 2.25 bits per heavy atom. The van der Waals surface area contributed by atoms with Crippen LogP contribution in [0.4, 0.5) is 9.52 Å². The molecule has 3 atom stereocenters. The van der Waals surface area contributed by atoms with Gasteiger partial charge >= 0.3 is 5.97 Å². The van der Waals surface area contributed by atoms with Crippen molar-refractivity contribution in [1.82, 2.24) is 15.6 Å². The first-order chi connectivity index (χ1) is 31.4. The Morgan fingerprint density at radius 2 is 1.58 bits per heavy atom. The average molecular weight is 915 g/mol. The van der Waals surface area contributed by atoms with Gasteiger partial charge in [0.1, 0.15) is 18.2 Å². The summed E-state index contributed by atoms with van der Waals surface area (Å²) >= 11 is 1.34. The predicted molar refractivity (Wildman–Crippen MR) is 247 cm³/mol. The van der Waals surface area contributed by atoms with E-state index in [1.807, 2.05) is 19.1 Å². The zero-order valence-electron chi connectivity index (χ0n) is 37.8. The highest BCUT2D eigenvalue weighted by atomic mass is 32.1. The molecule has 0 radical (unpaired) electrons. The van der Waals surface area contributed by atoms with Gasteiger partial charge in [0.05, 0.1) is 45.2 Å². The first kappa shape index (κ1) is 48.0. The maximum Gasteiger partial charge on any atom is 0.335 e. The highest BCUT2D eigenvalue weighted by molar-refractivity contribution is 7.13. The molecule has 4 N–H and O–H groups in total. The number of benzene rings is 3. The van der Waals surface area contributed by atoms with Crippen molar-refractivity contribution >= 4 is 34.3 Å². The third-order valence-electron chi connectivity index (χ3n) is 13.1. The van der Waals surface area contributed by atoms with Crippen LogP contribution in [0.1, 0.15) is 93.6 Å². The maximum absolute atomic E-state index is 15.6. The molecule has 2 aliphatic carbocycles. The monoisotopic (exact) mass is 914 g/mol. The number of hydrogen-bond acceptors (Lipinski definition) is 11. The second-order valence-corrected chi connectivity index (χ2v) is 19.1. The largest absolute Gasteiger partial charge is 0.487 e. The third kappa shape index (κ3) is 13.1. The van der Waals surface area contributed by atoms with Crippen molar-refractivity contribution in [2.24, 2.45) is 23.2 Å². The van der Waals surface area contributed by atoms with Gasteiger partial charge in [-0.25, -0.2) is 14.2 Å². The average Bonchev–Trinajstić information content (AvgIpc) is 3.78. The molecular formula is C50H63FN4O9S. The lowest BCUT2D eigenvalue weighted by Gasteiger charge is -2.48. The summed E-state index contributed by atoms with van der Waals surface area (Å²) < 4.78 is 45.3. The van der Waals surface area contributed by atoms with E-state index >= 15 is 4.39 Å². The molecule has 2 bridgehead atoms. The van der Waals surface area contributed by atoms with Crippen molar-refractivity contribution in [3.63, 3.8) is 0 Å².